The molecule has 200 valence electrons. The van der Waals surface area contributed by atoms with E-state index in [1.165, 1.54) is 27.6 Å². The molecule has 1 fully saturated rings. The number of nitrogens with zero attached hydrogens (tertiary/aromatic N) is 3. The standard InChI is InChI=1S/C31H38ClN5O/c1-38-26-8-9-27(25(18-26)19-34)29-22-37(12-4-11-33)31-10-7-23(17-28(29)31)20-35-13-15-36(16-14-35)21-24-5-2-3-6-30(24)32/h2-3,5-10,17-18,22H,4,11-16,19-21,33-34H2,1H3. The lowest BCUT2D eigenvalue weighted by molar-refractivity contribution is 0.122. The second-order valence-electron chi connectivity index (χ2n) is 10.1. The van der Waals surface area contributed by atoms with Gasteiger partial charge in [0.15, 0.2) is 0 Å². The zero-order valence-electron chi connectivity index (χ0n) is 22.2. The number of aryl methyl sites for hydroxylation is 1. The molecule has 0 bridgehead atoms. The van der Waals surface area contributed by atoms with Crippen LogP contribution in [0, 0.1) is 0 Å². The summed E-state index contributed by atoms with van der Waals surface area (Å²) in [6, 6.07) is 21.3. The molecule has 1 aliphatic heterocycles. The van der Waals surface area contributed by atoms with Gasteiger partial charge in [-0.05, 0) is 65.6 Å². The average molecular weight is 532 g/mol. The fourth-order valence-corrected chi connectivity index (χ4v) is 5.66. The van der Waals surface area contributed by atoms with Crippen LogP contribution in [0.25, 0.3) is 22.0 Å². The van der Waals surface area contributed by atoms with Crippen LogP contribution in [-0.4, -0.2) is 54.2 Å². The van der Waals surface area contributed by atoms with Crippen molar-refractivity contribution in [3.63, 3.8) is 0 Å². The van der Waals surface area contributed by atoms with E-state index in [4.69, 9.17) is 27.8 Å². The molecule has 7 heteroatoms. The molecule has 1 aliphatic rings. The van der Waals surface area contributed by atoms with E-state index in [0.29, 0.717) is 13.1 Å². The lowest BCUT2D eigenvalue weighted by Gasteiger charge is -2.35. The first-order valence-electron chi connectivity index (χ1n) is 13.5. The number of methoxy groups -OCH3 is 1. The number of halogens is 1. The number of benzene rings is 3. The summed E-state index contributed by atoms with van der Waals surface area (Å²) in [6.45, 7) is 8.05. The predicted molar refractivity (Wildman–Crippen MR) is 157 cm³/mol. The molecule has 1 aromatic heterocycles. The first kappa shape index (κ1) is 26.7. The van der Waals surface area contributed by atoms with E-state index in [-0.39, 0.29) is 0 Å². The van der Waals surface area contributed by atoms with E-state index in [0.717, 1.165) is 74.1 Å². The molecule has 4 N–H and O–H groups in total. The van der Waals surface area contributed by atoms with Gasteiger partial charge in [0.2, 0.25) is 0 Å². The minimum atomic E-state index is 0.459. The summed E-state index contributed by atoms with van der Waals surface area (Å²) >= 11 is 6.39. The number of rotatable bonds is 10. The Morgan fingerprint density at radius 1 is 0.842 bits per heavy atom. The summed E-state index contributed by atoms with van der Waals surface area (Å²) in [5.74, 6) is 0.829. The Kier molecular flexibility index (Phi) is 8.67. The molecule has 2 heterocycles. The van der Waals surface area contributed by atoms with Crippen LogP contribution < -0.4 is 16.2 Å². The van der Waals surface area contributed by atoms with E-state index in [9.17, 15) is 0 Å². The fraction of sp³-hybridized carbons (Fsp3) is 0.355. The first-order chi connectivity index (χ1) is 18.6. The zero-order valence-corrected chi connectivity index (χ0v) is 23.0. The van der Waals surface area contributed by atoms with Crippen LogP contribution in [0.4, 0.5) is 0 Å². The Hall–Kier alpha value is -2.87. The van der Waals surface area contributed by atoms with E-state index in [2.05, 4.69) is 57.0 Å². The van der Waals surface area contributed by atoms with Crippen molar-refractivity contribution >= 4 is 22.5 Å². The van der Waals surface area contributed by atoms with Crippen molar-refractivity contribution in [1.82, 2.24) is 14.4 Å². The van der Waals surface area contributed by atoms with Gasteiger partial charge in [0, 0.05) is 80.0 Å². The molecule has 1 saturated heterocycles. The molecule has 0 atom stereocenters. The van der Waals surface area contributed by atoms with Crippen molar-refractivity contribution in [2.75, 3.05) is 39.8 Å². The minimum Gasteiger partial charge on any atom is -0.497 e. The van der Waals surface area contributed by atoms with Gasteiger partial charge in [0.05, 0.1) is 7.11 Å². The molecule has 0 spiro atoms. The highest BCUT2D eigenvalue weighted by Gasteiger charge is 2.19. The third-order valence-electron chi connectivity index (χ3n) is 7.59. The largest absolute Gasteiger partial charge is 0.497 e. The van der Waals surface area contributed by atoms with Crippen LogP contribution >= 0.6 is 11.6 Å². The molecule has 0 saturated carbocycles. The van der Waals surface area contributed by atoms with Gasteiger partial charge < -0.3 is 20.8 Å². The van der Waals surface area contributed by atoms with Gasteiger partial charge in [0.25, 0.3) is 0 Å². The molecule has 5 rings (SSSR count). The van der Waals surface area contributed by atoms with Crippen LogP contribution in [-0.2, 0) is 26.2 Å². The molecule has 0 amide bonds. The molecule has 3 aromatic carbocycles. The number of aromatic nitrogens is 1. The second-order valence-corrected chi connectivity index (χ2v) is 10.5. The Balaban J connectivity index is 1.36. The number of hydrogen-bond acceptors (Lipinski definition) is 5. The molecule has 0 radical (unpaired) electrons. The summed E-state index contributed by atoms with van der Waals surface area (Å²) in [5.41, 5.74) is 19.2. The Labute approximate surface area is 230 Å². The van der Waals surface area contributed by atoms with E-state index >= 15 is 0 Å². The van der Waals surface area contributed by atoms with Crippen molar-refractivity contribution < 1.29 is 4.74 Å². The number of hydrogen-bond donors (Lipinski definition) is 2. The van der Waals surface area contributed by atoms with Gasteiger partial charge in [-0.3, -0.25) is 9.80 Å². The molecule has 0 aliphatic carbocycles. The van der Waals surface area contributed by atoms with E-state index < -0.39 is 0 Å². The minimum absolute atomic E-state index is 0.459. The average Bonchev–Trinajstić information content (AvgIpc) is 3.31. The fourth-order valence-electron chi connectivity index (χ4n) is 5.46. The van der Waals surface area contributed by atoms with Crippen molar-refractivity contribution in [1.29, 1.82) is 0 Å². The van der Waals surface area contributed by atoms with Crippen LogP contribution in [0.1, 0.15) is 23.1 Å². The number of ether oxygens (including phenoxy) is 1. The normalized spacial score (nSPS) is 14.8. The van der Waals surface area contributed by atoms with Gasteiger partial charge in [-0.1, -0.05) is 41.9 Å². The Morgan fingerprint density at radius 2 is 1.61 bits per heavy atom. The smallest absolute Gasteiger partial charge is 0.119 e. The highest BCUT2D eigenvalue weighted by atomic mass is 35.5. The van der Waals surface area contributed by atoms with Crippen LogP contribution in [0.15, 0.2) is 66.9 Å². The Morgan fingerprint density at radius 3 is 2.32 bits per heavy atom. The maximum atomic E-state index is 6.39. The van der Waals surface area contributed by atoms with Gasteiger partial charge in [-0.2, -0.15) is 0 Å². The lowest BCUT2D eigenvalue weighted by Crippen LogP contribution is -2.45. The highest BCUT2D eigenvalue weighted by molar-refractivity contribution is 6.31. The lowest BCUT2D eigenvalue weighted by atomic mass is 9.98. The summed E-state index contributed by atoms with van der Waals surface area (Å²) in [4.78, 5) is 5.04. The third kappa shape index (κ3) is 5.90. The zero-order chi connectivity index (χ0) is 26.5. The third-order valence-corrected chi connectivity index (χ3v) is 7.96. The maximum absolute atomic E-state index is 6.39. The van der Waals surface area contributed by atoms with Crippen molar-refractivity contribution in [2.45, 2.75) is 32.6 Å². The maximum Gasteiger partial charge on any atom is 0.119 e. The van der Waals surface area contributed by atoms with E-state index in [1.54, 1.807) is 7.11 Å². The highest BCUT2D eigenvalue weighted by Crippen LogP contribution is 2.35. The molecular weight excluding hydrogens is 494 g/mol. The quantitative estimate of drug-likeness (QED) is 0.298. The molecule has 4 aromatic rings. The van der Waals surface area contributed by atoms with Gasteiger partial charge in [-0.25, -0.2) is 0 Å². The Bertz CT molecular complexity index is 1380. The van der Waals surface area contributed by atoms with Crippen LogP contribution in [0.2, 0.25) is 5.02 Å². The predicted octanol–water partition coefficient (Wildman–Crippen LogP) is 5.10. The monoisotopic (exact) mass is 531 g/mol. The molecule has 38 heavy (non-hydrogen) atoms. The van der Waals surface area contributed by atoms with Crippen molar-refractivity contribution in [2.24, 2.45) is 11.5 Å². The van der Waals surface area contributed by atoms with E-state index in [1.807, 2.05) is 24.3 Å². The number of piperazine rings is 1. The number of fused-ring (bicyclic) bond motifs is 1. The van der Waals surface area contributed by atoms with Gasteiger partial charge in [0.1, 0.15) is 5.75 Å². The summed E-state index contributed by atoms with van der Waals surface area (Å²) < 4.78 is 7.79. The van der Waals surface area contributed by atoms with Gasteiger partial charge >= 0.3 is 0 Å². The summed E-state index contributed by atoms with van der Waals surface area (Å²) in [7, 11) is 1.69. The van der Waals surface area contributed by atoms with Crippen LogP contribution in [0.5, 0.6) is 5.75 Å². The van der Waals surface area contributed by atoms with Crippen molar-refractivity contribution in [3.8, 4) is 16.9 Å². The molecule has 6 nitrogen and oxygen atoms in total. The number of nitrogens with two attached hydrogens (primary N) is 2. The van der Waals surface area contributed by atoms with Crippen LogP contribution in [0.3, 0.4) is 0 Å². The molecular formula is C31H38ClN5O. The second kappa shape index (κ2) is 12.3. The van der Waals surface area contributed by atoms with Crippen molar-refractivity contribution in [3.05, 3.63) is 88.6 Å². The molecule has 0 unspecified atom stereocenters. The summed E-state index contributed by atoms with van der Waals surface area (Å²) in [5, 5.41) is 2.11. The topological polar surface area (TPSA) is 72.7 Å². The van der Waals surface area contributed by atoms with Gasteiger partial charge in [-0.15, -0.1) is 0 Å². The SMILES string of the molecule is COc1ccc(-c2cn(CCCN)c3ccc(CN4CCN(Cc5ccccc5Cl)CC4)cc23)c(CN)c1. The summed E-state index contributed by atoms with van der Waals surface area (Å²) in [6.07, 6.45) is 3.20. The first-order valence-corrected chi connectivity index (χ1v) is 13.8.